The van der Waals surface area contributed by atoms with Gasteiger partial charge in [-0.2, -0.15) is 0 Å². The molecule has 0 fully saturated rings. The van der Waals surface area contributed by atoms with E-state index in [0.29, 0.717) is 12.1 Å². The first-order chi connectivity index (χ1) is 13.2. The summed E-state index contributed by atoms with van der Waals surface area (Å²) in [6.45, 7) is 1.87. The minimum absolute atomic E-state index is 0.0246. The Morgan fingerprint density at radius 2 is 2.04 bits per heavy atom. The molecule has 0 radical (unpaired) electrons. The number of benzene rings is 1. The molecule has 1 aromatic carbocycles. The maximum absolute atomic E-state index is 13.7. The molecule has 8 heteroatoms. The Balaban J connectivity index is 2.07. The lowest BCUT2D eigenvalue weighted by molar-refractivity contribution is -0.114. The summed E-state index contributed by atoms with van der Waals surface area (Å²) >= 11 is 0. The van der Waals surface area contributed by atoms with Crippen LogP contribution < -0.4 is 16.8 Å². The van der Waals surface area contributed by atoms with Crippen molar-refractivity contribution in [3.05, 3.63) is 42.0 Å². The van der Waals surface area contributed by atoms with E-state index in [9.17, 15) is 13.6 Å². The van der Waals surface area contributed by atoms with Gasteiger partial charge in [0.15, 0.2) is 5.70 Å². The number of unbranched alkanes of at least 4 members (excludes halogenated alkanes) is 1. The molecule has 5 N–H and O–H groups in total. The van der Waals surface area contributed by atoms with Gasteiger partial charge in [0.05, 0.1) is 0 Å². The number of rotatable bonds is 10. The molecular weight excluding hydrogens is 364 g/mol. The molecule has 152 valence electrons. The minimum Gasteiger partial charge on any atom is -0.383 e. The lowest BCUT2D eigenvalue weighted by Crippen LogP contribution is -2.22. The Morgan fingerprint density at radius 1 is 1.29 bits per heavy atom. The number of aromatic nitrogens is 1. The molecular formula is C20H27F2N5O. The number of anilines is 1. The van der Waals surface area contributed by atoms with Crippen LogP contribution in [0, 0.1) is 0 Å². The van der Waals surface area contributed by atoms with Gasteiger partial charge in [0.1, 0.15) is 5.82 Å². The Morgan fingerprint density at radius 3 is 2.71 bits per heavy atom. The minimum atomic E-state index is -2.74. The molecule has 0 atom stereocenters. The third-order valence-electron chi connectivity index (χ3n) is 4.41. The standard InChI is InChI=1S/C20H27F2N5O/c1-3-4-9-20(21,22)10-5-11-25-17(19(24)28)18(23)26-15-6-7-16-14(13-15)8-12-27(16)2/h6-8,11-13,26H,3-5,9-10,23H2,1-2H3,(H2,24,28)/b18-17+,25-11?. The SMILES string of the molecule is CCCCC(F)(F)CCC=N/C(C(N)=O)=C(\N)Nc1ccc2c(ccn2C)c1. The number of hydrogen-bond donors (Lipinski definition) is 3. The summed E-state index contributed by atoms with van der Waals surface area (Å²) in [5, 5.41) is 3.89. The quantitative estimate of drug-likeness (QED) is 0.423. The van der Waals surface area contributed by atoms with Crippen LogP contribution in [0.25, 0.3) is 10.9 Å². The van der Waals surface area contributed by atoms with Crippen molar-refractivity contribution in [1.82, 2.24) is 4.57 Å². The molecule has 1 heterocycles. The summed E-state index contributed by atoms with van der Waals surface area (Å²) in [5.41, 5.74) is 12.8. The van der Waals surface area contributed by atoms with Gasteiger partial charge in [-0.05, 0) is 37.1 Å². The molecule has 1 aromatic heterocycles. The highest BCUT2D eigenvalue weighted by Crippen LogP contribution is 2.26. The number of nitrogens with zero attached hydrogens (tertiary/aromatic N) is 2. The van der Waals surface area contributed by atoms with E-state index >= 15 is 0 Å². The van der Waals surface area contributed by atoms with Crippen LogP contribution in [0.5, 0.6) is 0 Å². The zero-order valence-electron chi connectivity index (χ0n) is 16.2. The molecule has 6 nitrogen and oxygen atoms in total. The molecule has 0 saturated heterocycles. The van der Waals surface area contributed by atoms with Crippen molar-refractivity contribution in [3.8, 4) is 0 Å². The molecule has 0 saturated carbocycles. The second-order valence-corrected chi connectivity index (χ2v) is 6.76. The second kappa shape index (κ2) is 9.34. The van der Waals surface area contributed by atoms with E-state index in [-0.39, 0.29) is 30.8 Å². The van der Waals surface area contributed by atoms with Crippen molar-refractivity contribution in [1.29, 1.82) is 0 Å². The van der Waals surface area contributed by atoms with Crippen LogP contribution in [0.15, 0.2) is 47.0 Å². The number of primary amides is 1. The molecule has 1 amide bonds. The zero-order valence-corrected chi connectivity index (χ0v) is 16.2. The van der Waals surface area contributed by atoms with E-state index in [1.54, 1.807) is 0 Å². The van der Waals surface area contributed by atoms with Crippen LogP contribution in [-0.4, -0.2) is 22.6 Å². The van der Waals surface area contributed by atoms with Crippen LogP contribution in [0.4, 0.5) is 14.5 Å². The third kappa shape index (κ3) is 5.80. The van der Waals surface area contributed by atoms with Gasteiger partial charge in [0.25, 0.3) is 5.91 Å². The summed E-state index contributed by atoms with van der Waals surface area (Å²) < 4.78 is 29.3. The molecule has 0 aliphatic rings. The van der Waals surface area contributed by atoms with Gasteiger partial charge in [-0.3, -0.25) is 9.79 Å². The van der Waals surface area contributed by atoms with Crippen molar-refractivity contribution in [2.45, 2.75) is 45.0 Å². The van der Waals surface area contributed by atoms with E-state index in [2.05, 4.69) is 10.3 Å². The average Bonchev–Trinajstić information content (AvgIpc) is 3.00. The van der Waals surface area contributed by atoms with Crippen LogP contribution in [-0.2, 0) is 11.8 Å². The van der Waals surface area contributed by atoms with Crippen LogP contribution in [0.3, 0.4) is 0 Å². The number of amides is 1. The first kappa shape index (κ1) is 21.4. The van der Waals surface area contributed by atoms with Gasteiger partial charge >= 0.3 is 0 Å². The predicted molar refractivity (Wildman–Crippen MR) is 109 cm³/mol. The monoisotopic (exact) mass is 391 g/mol. The van der Waals surface area contributed by atoms with Gasteiger partial charge in [0, 0.05) is 48.9 Å². The Labute approximate surface area is 163 Å². The predicted octanol–water partition coefficient (Wildman–Crippen LogP) is 3.88. The Kier molecular flexibility index (Phi) is 7.14. The summed E-state index contributed by atoms with van der Waals surface area (Å²) in [7, 11) is 1.94. The Hall–Kier alpha value is -2.90. The number of alkyl halides is 2. The van der Waals surface area contributed by atoms with Crippen molar-refractivity contribution < 1.29 is 13.6 Å². The number of carbonyl (C=O) groups is 1. The fourth-order valence-electron chi connectivity index (χ4n) is 2.83. The number of carbonyl (C=O) groups excluding carboxylic acids is 1. The fourth-order valence-corrected chi connectivity index (χ4v) is 2.83. The smallest absolute Gasteiger partial charge is 0.271 e. The summed E-state index contributed by atoms with van der Waals surface area (Å²) in [5.74, 6) is -3.61. The maximum atomic E-state index is 13.7. The highest BCUT2D eigenvalue weighted by Gasteiger charge is 2.26. The number of nitrogens with two attached hydrogens (primary N) is 2. The molecule has 0 spiro atoms. The average molecular weight is 391 g/mol. The molecule has 28 heavy (non-hydrogen) atoms. The number of fused-ring (bicyclic) bond motifs is 1. The Bertz CT molecular complexity index is 886. The molecule has 0 aliphatic carbocycles. The molecule has 0 unspecified atom stereocenters. The number of aryl methyl sites for hydroxylation is 1. The van der Waals surface area contributed by atoms with Crippen LogP contribution in [0.1, 0.15) is 39.0 Å². The molecule has 2 rings (SSSR count). The first-order valence-corrected chi connectivity index (χ1v) is 9.25. The summed E-state index contributed by atoms with van der Waals surface area (Å²) in [6.07, 6.45) is 3.92. The lowest BCUT2D eigenvalue weighted by atomic mass is 10.1. The van der Waals surface area contributed by atoms with Gasteiger partial charge in [-0.1, -0.05) is 13.3 Å². The van der Waals surface area contributed by atoms with E-state index in [0.717, 1.165) is 17.3 Å². The van der Waals surface area contributed by atoms with Gasteiger partial charge < -0.3 is 21.4 Å². The van der Waals surface area contributed by atoms with E-state index in [1.165, 1.54) is 6.21 Å². The first-order valence-electron chi connectivity index (χ1n) is 9.25. The second-order valence-electron chi connectivity index (χ2n) is 6.76. The number of aliphatic imine (C=N–C) groups is 1. The third-order valence-corrected chi connectivity index (χ3v) is 4.41. The number of nitrogens with one attached hydrogen (secondary N) is 1. The van der Waals surface area contributed by atoms with Gasteiger partial charge in [-0.15, -0.1) is 0 Å². The highest BCUT2D eigenvalue weighted by atomic mass is 19.3. The van der Waals surface area contributed by atoms with E-state index in [4.69, 9.17) is 11.5 Å². The van der Waals surface area contributed by atoms with Gasteiger partial charge in [0.2, 0.25) is 5.92 Å². The highest BCUT2D eigenvalue weighted by molar-refractivity contribution is 5.94. The zero-order chi connectivity index (χ0) is 20.7. The normalized spacial score (nSPS) is 13.1. The molecule has 2 aromatic rings. The summed E-state index contributed by atoms with van der Waals surface area (Å²) in [6, 6.07) is 7.55. The van der Waals surface area contributed by atoms with E-state index < -0.39 is 11.8 Å². The van der Waals surface area contributed by atoms with Crippen LogP contribution >= 0.6 is 0 Å². The van der Waals surface area contributed by atoms with Crippen molar-refractivity contribution in [2.24, 2.45) is 23.5 Å². The molecule has 0 bridgehead atoms. The lowest BCUT2D eigenvalue weighted by Gasteiger charge is -2.14. The number of hydrogen-bond acceptors (Lipinski definition) is 4. The van der Waals surface area contributed by atoms with Crippen LogP contribution in [0.2, 0.25) is 0 Å². The van der Waals surface area contributed by atoms with Crippen molar-refractivity contribution >= 4 is 28.7 Å². The summed E-state index contributed by atoms with van der Waals surface area (Å²) in [4.78, 5) is 15.6. The fraction of sp³-hybridized carbons (Fsp3) is 0.400. The largest absolute Gasteiger partial charge is 0.383 e. The number of halogens is 2. The van der Waals surface area contributed by atoms with E-state index in [1.807, 2.05) is 49.0 Å². The van der Waals surface area contributed by atoms with Gasteiger partial charge in [-0.25, -0.2) is 8.78 Å². The molecule has 0 aliphatic heterocycles. The topological polar surface area (TPSA) is 98.4 Å². The van der Waals surface area contributed by atoms with Crippen molar-refractivity contribution in [2.75, 3.05) is 5.32 Å². The maximum Gasteiger partial charge on any atom is 0.271 e. The van der Waals surface area contributed by atoms with Crippen molar-refractivity contribution in [3.63, 3.8) is 0 Å².